The highest BCUT2D eigenvalue weighted by Gasteiger charge is 2.44. The van der Waals surface area contributed by atoms with E-state index in [0.717, 1.165) is 11.3 Å². The van der Waals surface area contributed by atoms with Crippen molar-refractivity contribution >= 4 is 0 Å². The van der Waals surface area contributed by atoms with Crippen LogP contribution in [0.4, 0.5) is 4.39 Å². The Bertz CT molecular complexity index is 652. The molecule has 134 valence electrons. The van der Waals surface area contributed by atoms with Crippen molar-refractivity contribution in [1.82, 2.24) is 5.32 Å². The molecule has 1 fully saturated rings. The smallest absolute Gasteiger partial charge is 0.123 e. The number of halogens is 1. The summed E-state index contributed by atoms with van der Waals surface area (Å²) in [5, 5.41) is 23.4. The standard InChI is InChI=1S/C20H24FNO3/c21-16-8-6-15(7-9-16)12-22-13-20(10-18(23)19(24)11-20)14-25-17-4-2-1-3-5-17/h1-9,18-19,22-24H,10-14H2/t18-,19+,20?. The molecule has 3 atom stereocenters. The molecular weight excluding hydrogens is 321 g/mol. The number of benzene rings is 2. The van der Waals surface area contributed by atoms with Crippen molar-refractivity contribution in [2.45, 2.75) is 31.6 Å². The second-order valence-electron chi connectivity index (χ2n) is 6.87. The van der Waals surface area contributed by atoms with Gasteiger partial charge in [0.15, 0.2) is 0 Å². The molecule has 1 aliphatic carbocycles. The summed E-state index contributed by atoms with van der Waals surface area (Å²) < 4.78 is 18.9. The van der Waals surface area contributed by atoms with E-state index in [9.17, 15) is 14.6 Å². The zero-order valence-electron chi connectivity index (χ0n) is 14.1. The fourth-order valence-corrected chi connectivity index (χ4v) is 3.38. The normalized spacial score (nSPS) is 25.9. The molecule has 0 aliphatic heterocycles. The Kier molecular flexibility index (Phi) is 5.68. The first kappa shape index (κ1) is 17.9. The van der Waals surface area contributed by atoms with Crippen LogP contribution < -0.4 is 10.1 Å². The maximum absolute atomic E-state index is 13.0. The highest BCUT2D eigenvalue weighted by molar-refractivity contribution is 5.21. The van der Waals surface area contributed by atoms with Gasteiger partial charge in [0.1, 0.15) is 11.6 Å². The summed E-state index contributed by atoms with van der Waals surface area (Å²) in [6.07, 6.45) is -0.492. The van der Waals surface area contributed by atoms with E-state index in [1.165, 1.54) is 12.1 Å². The van der Waals surface area contributed by atoms with Crippen LogP contribution in [0.25, 0.3) is 0 Å². The molecule has 5 heteroatoms. The third-order valence-electron chi connectivity index (χ3n) is 4.76. The number of aliphatic hydroxyl groups excluding tert-OH is 2. The Balaban J connectivity index is 1.60. The van der Waals surface area contributed by atoms with Crippen LogP contribution in [0.15, 0.2) is 54.6 Å². The number of nitrogens with one attached hydrogen (secondary N) is 1. The Morgan fingerprint density at radius 1 is 1.00 bits per heavy atom. The van der Waals surface area contributed by atoms with Gasteiger partial charge in [-0.05, 0) is 42.7 Å². The maximum atomic E-state index is 13.0. The van der Waals surface area contributed by atoms with Gasteiger partial charge in [0.25, 0.3) is 0 Å². The van der Waals surface area contributed by atoms with Crippen molar-refractivity contribution in [1.29, 1.82) is 0 Å². The average molecular weight is 345 g/mol. The van der Waals surface area contributed by atoms with Gasteiger partial charge in [-0.15, -0.1) is 0 Å². The predicted molar refractivity (Wildman–Crippen MR) is 93.7 cm³/mol. The largest absolute Gasteiger partial charge is 0.493 e. The van der Waals surface area contributed by atoms with Gasteiger partial charge in [0, 0.05) is 18.5 Å². The lowest BCUT2D eigenvalue weighted by atomic mass is 9.86. The van der Waals surface area contributed by atoms with E-state index in [0.29, 0.717) is 32.5 Å². The topological polar surface area (TPSA) is 61.7 Å². The zero-order chi connectivity index (χ0) is 17.7. The van der Waals surface area contributed by atoms with Crippen LogP contribution in [0.3, 0.4) is 0 Å². The van der Waals surface area contributed by atoms with E-state index in [1.807, 2.05) is 30.3 Å². The molecule has 3 rings (SSSR count). The fraction of sp³-hybridized carbons (Fsp3) is 0.400. The van der Waals surface area contributed by atoms with E-state index in [4.69, 9.17) is 4.74 Å². The van der Waals surface area contributed by atoms with Crippen molar-refractivity contribution in [2.24, 2.45) is 5.41 Å². The summed E-state index contributed by atoms with van der Waals surface area (Å²) in [4.78, 5) is 0. The van der Waals surface area contributed by atoms with Gasteiger partial charge in [-0.3, -0.25) is 0 Å². The molecule has 25 heavy (non-hydrogen) atoms. The van der Waals surface area contributed by atoms with E-state index < -0.39 is 12.2 Å². The monoisotopic (exact) mass is 345 g/mol. The van der Waals surface area contributed by atoms with Gasteiger partial charge in [-0.25, -0.2) is 4.39 Å². The van der Waals surface area contributed by atoms with E-state index >= 15 is 0 Å². The van der Waals surface area contributed by atoms with Crippen molar-refractivity contribution in [2.75, 3.05) is 13.2 Å². The molecule has 0 aromatic heterocycles. The SMILES string of the molecule is O[C@@H]1CC(CNCc2ccc(F)cc2)(COc2ccccc2)C[C@@H]1O. The molecule has 1 aliphatic rings. The fourth-order valence-electron chi connectivity index (χ4n) is 3.38. The molecule has 2 aromatic carbocycles. The molecule has 0 amide bonds. The number of rotatable bonds is 7. The van der Waals surface area contributed by atoms with Crippen LogP contribution in [0.2, 0.25) is 0 Å². The molecule has 0 spiro atoms. The van der Waals surface area contributed by atoms with Crippen LogP contribution in [0.5, 0.6) is 5.75 Å². The Morgan fingerprint density at radius 3 is 2.28 bits per heavy atom. The van der Waals surface area contributed by atoms with Gasteiger partial charge < -0.3 is 20.3 Å². The summed E-state index contributed by atoms with van der Waals surface area (Å²) in [5.74, 6) is 0.523. The molecule has 2 aromatic rings. The third kappa shape index (κ3) is 4.78. The number of hydrogen-bond acceptors (Lipinski definition) is 4. The lowest BCUT2D eigenvalue weighted by Crippen LogP contribution is -2.37. The second-order valence-corrected chi connectivity index (χ2v) is 6.87. The van der Waals surface area contributed by atoms with Gasteiger partial charge in [-0.2, -0.15) is 0 Å². The molecule has 4 nitrogen and oxygen atoms in total. The molecule has 0 saturated heterocycles. The second kappa shape index (κ2) is 7.95. The van der Waals surface area contributed by atoms with Crippen molar-refractivity contribution in [3.63, 3.8) is 0 Å². The van der Waals surface area contributed by atoms with Crippen molar-refractivity contribution < 1.29 is 19.3 Å². The summed E-state index contributed by atoms with van der Waals surface area (Å²) in [5.41, 5.74) is 0.647. The lowest BCUT2D eigenvalue weighted by Gasteiger charge is -2.29. The molecule has 0 radical (unpaired) electrons. The quantitative estimate of drug-likeness (QED) is 0.722. The lowest BCUT2D eigenvalue weighted by molar-refractivity contribution is 0.0438. The highest BCUT2D eigenvalue weighted by atomic mass is 19.1. The first-order valence-corrected chi connectivity index (χ1v) is 8.55. The minimum atomic E-state index is -0.730. The van der Waals surface area contributed by atoms with E-state index in [-0.39, 0.29) is 11.2 Å². The number of para-hydroxylation sites is 1. The third-order valence-corrected chi connectivity index (χ3v) is 4.76. The highest BCUT2D eigenvalue weighted by Crippen LogP contribution is 2.38. The van der Waals surface area contributed by atoms with Crippen LogP contribution in [0.1, 0.15) is 18.4 Å². The molecule has 1 unspecified atom stereocenters. The van der Waals surface area contributed by atoms with Crippen LogP contribution >= 0.6 is 0 Å². The van der Waals surface area contributed by atoms with Gasteiger partial charge in [-0.1, -0.05) is 30.3 Å². The van der Waals surface area contributed by atoms with Crippen LogP contribution in [-0.2, 0) is 6.54 Å². The summed E-state index contributed by atoms with van der Waals surface area (Å²) in [6.45, 7) is 1.62. The molecule has 1 saturated carbocycles. The van der Waals surface area contributed by atoms with E-state index in [2.05, 4.69) is 5.32 Å². The summed E-state index contributed by atoms with van der Waals surface area (Å²) >= 11 is 0. The van der Waals surface area contributed by atoms with Gasteiger partial charge >= 0.3 is 0 Å². The molecular formula is C20H24FNO3. The van der Waals surface area contributed by atoms with Crippen LogP contribution in [0, 0.1) is 11.2 Å². The van der Waals surface area contributed by atoms with Crippen molar-refractivity contribution in [3.05, 3.63) is 66.0 Å². The Morgan fingerprint density at radius 2 is 1.64 bits per heavy atom. The Labute approximate surface area is 147 Å². The van der Waals surface area contributed by atoms with Gasteiger partial charge in [0.05, 0.1) is 18.8 Å². The Hall–Kier alpha value is -1.95. The number of ether oxygens (including phenoxy) is 1. The van der Waals surface area contributed by atoms with Gasteiger partial charge in [0.2, 0.25) is 0 Å². The summed E-state index contributed by atoms with van der Waals surface area (Å²) in [6, 6.07) is 15.9. The minimum absolute atomic E-state index is 0.251. The number of hydrogen-bond donors (Lipinski definition) is 3. The van der Waals surface area contributed by atoms with Crippen molar-refractivity contribution in [3.8, 4) is 5.75 Å². The predicted octanol–water partition coefficient (Wildman–Crippen LogP) is 2.50. The minimum Gasteiger partial charge on any atom is -0.493 e. The molecule has 3 N–H and O–H groups in total. The first-order chi connectivity index (χ1) is 12.1. The van der Waals surface area contributed by atoms with Crippen LogP contribution in [-0.4, -0.2) is 35.6 Å². The zero-order valence-corrected chi connectivity index (χ0v) is 14.1. The summed E-state index contributed by atoms with van der Waals surface area (Å²) in [7, 11) is 0. The number of aliphatic hydroxyl groups is 2. The average Bonchev–Trinajstić information content (AvgIpc) is 2.90. The van der Waals surface area contributed by atoms with E-state index in [1.54, 1.807) is 12.1 Å². The first-order valence-electron chi connectivity index (χ1n) is 8.55. The molecule has 0 bridgehead atoms. The molecule has 0 heterocycles. The maximum Gasteiger partial charge on any atom is 0.123 e.